The van der Waals surface area contributed by atoms with Crippen molar-refractivity contribution in [2.45, 2.75) is 5.75 Å². The smallest absolute Gasteiger partial charge is 0.194 e. The van der Waals surface area contributed by atoms with Gasteiger partial charge in [0.1, 0.15) is 5.75 Å². The summed E-state index contributed by atoms with van der Waals surface area (Å²) in [7, 11) is -4.47. The summed E-state index contributed by atoms with van der Waals surface area (Å²) in [5, 5.41) is 0. The summed E-state index contributed by atoms with van der Waals surface area (Å²) in [4.78, 5) is 0. The molecule has 0 aliphatic rings. The second kappa shape index (κ2) is 3.58. The zero-order valence-electron chi connectivity index (χ0n) is 6.70. The highest BCUT2D eigenvalue weighted by Crippen LogP contribution is 2.09. The molecule has 0 amide bonds. The molecule has 0 fully saturated rings. The zero-order chi connectivity index (χ0) is 9.90. The molecular weight excluding hydrogens is 191 g/mol. The van der Waals surface area contributed by atoms with Gasteiger partial charge in [-0.25, -0.2) is 0 Å². The molecule has 1 aromatic carbocycles. The number of hydrogen-bond donors (Lipinski definition) is 0. The van der Waals surface area contributed by atoms with Gasteiger partial charge in [0, 0.05) is 5.56 Å². The molecule has 0 aliphatic heterocycles. The summed E-state index contributed by atoms with van der Waals surface area (Å²) in [6.07, 6.45) is 5.09. The number of terminal acetylenes is 1. The highest BCUT2D eigenvalue weighted by Gasteiger charge is 2.08. The van der Waals surface area contributed by atoms with Crippen LogP contribution in [0.4, 0.5) is 3.89 Å². The van der Waals surface area contributed by atoms with E-state index in [4.69, 9.17) is 6.42 Å². The maximum Gasteiger partial charge on any atom is 0.306 e. The Hall–Kier alpha value is -1.34. The molecule has 1 aromatic rings. The van der Waals surface area contributed by atoms with Gasteiger partial charge in [-0.1, -0.05) is 18.1 Å². The van der Waals surface area contributed by atoms with E-state index in [1.807, 2.05) is 0 Å². The molecule has 0 saturated heterocycles. The fraction of sp³-hybridized carbons (Fsp3) is 0.111. The Bertz CT molecular complexity index is 443. The summed E-state index contributed by atoms with van der Waals surface area (Å²) in [5.74, 6) is 1.71. The van der Waals surface area contributed by atoms with Gasteiger partial charge >= 0.3 is 10.2 Å². The molecule has 0 atom stereocenters. The topological polar surface area (TPSA) is 34.1 Å². The molecule has 0 saturated carbocycles. The van der Waals surface area contributed by atoms with Crippen molar-refractivity contribution in [1.29, 1.82) is 0 Å². The van der Waals surface area contributed by atoms with Crippen molar-refractivity contribution in [2.24, 2.45) is 0 Å². The number of hydrogen-bond acceptors (Lipinski definition) is 2. The summed E-state index contributed by atoms with van der Waals surface area (Å²) in [6.45, 7) is 0. The molecule has 0 radical (unpaired) electrons. The fourth-order valence-electron chi connectivity index (χ4n) is 0.950. The van der Waals surface area contributed by atoms with Crippen LogP contribution in [0.5, 0.6) is 0 Å². The first-order valence-corrected chi connectivity index (χ1v) is 5.04. The van der Waals surface area contributed by atoms with Gasteiger partial charge in [0.15, 0.2) is 0 Å². The van der Waals surface area contributed by atoms with Crippen LogP contribution >= 0.6 is 0 Å². The lowest BCUT2D eigenvalue weighted by Crippen LogP contribution is -1.96. The third kappa shape index (κ3) is 3.26. The van der Waals surface area contributed by atoms with Crippen molar-refractivity contribution in [3.05, 3.63) is 35.4 Å². The molecule has 68 valence electrons. The molecule has 0 aromatic heterocycles. The zero-order valence-corrected chi connectivity index (χ0v) is 7.51. The lowest BCUT2D eigenvalue weighted by Gasteiger charge is -1.97. The Labute approximate surface area is 76.6 Å². The minimum atomic E-state index is -4.47. The average molecular weight is 198 g/mol. The summed E-state index contributed by atoms with van der Waals surface area (Å²) in [5.41, 5.74) is 0.902. The van der Waals surface area contributed by atoms with Crippen molar-refractivity contribution < 1.29 is 12.3 Å². The van der Waals surface area contributed by atoms with E-state index in [-0.39, 0.29) is 0 Å². The Morgan fingerprint density at radius 3 is 2.69 bits per heavy atom. The lowest BCUT2D eigenvalue weighted by molar-refractivity contribution is 0.551. The van der Waals surface area contributed by atoms with Crippen LogP contribution in [0.2, 0.25) is 0 Å². The van der Waals surface area contributed by atoms with Gasteiger partial charge in [0.2, 0.25) is 0 Å². The van der Waals surface area contributed by atoms with Gasteiger partial charge in [0.05, 0.1) is 0 Å². The maximum atomic E-state index is 12.2. The molecule has 2 nitrogen and oxygen atoms in total. The van der Waals surface area contributed by atoms with Crippen LogP contribution < -0.4 is 0 Å². The van der Waals surface area contributed by atoms with Crippen LogP contribution in [0.15, 0.2) is 24.3 Å². The molecule has 4 heteroatoms. The third-order valence-electron chi connectivity index (χ3n) is 1.43. The quantitative estimate of drug-likeness (QED) is 0.532. The van der Waals surface area contributed by atoms with E-state index in [0.717, 1.165) is 0 Å². The van der Waals surface area contributed by atoms with E-state index < -0.39 is 16.0 Å². The molecular formula is C9H7FO2S. The lowest BCUT2D eigenvalue weighted by atomic mass is 10.1. The average Bonchev–Trinajstić information content (AvgIpc) is 2.01. The molecule has 0 spiro atoms. The first-order valence-electron chi connectivity index (χ1n) is 3.49. The van der Waals surface area contributed by atoms with Gasteiger partial charge < -0.3 is 0 Å². The summed E-state index contributed by atoms with van der Waals surface area (Å²) >= 11 is 0. The van der Waals surface area contributed by atoms with Crippen molar-refractivity contribution in [2.75, 3.05) is 0 Å². The van der Waals surface area contributed by atoms with Gasteiger partial charge in [-0.15, -0.1) is 10.3 Å². The van der Waals surface area contributed by atoms with E-state index in [1.54, 1.807) is 12.1 Å². The molecule has 13 heavy (non-hydrogen) atoms. The minimum absolute atomic E-state index is 0.359. The van der Waals surface area contributed by atoms with Crippen LogP contribution in [0.25, 0.3) is 0 Å². The predicted octanol–water partition coefficient (Wildman–Crippen LogP) is 1.47. The van der Waals surface area contributed by atoms with E-state index in [9.17, 15) is 12.3 Å². The normalized spacial score (nSPS) is 10.8. The second-order valence-corrected chi connectivity index (χ2v) is 3.89. The van der Waals surface area contributed by atoms with Crippen LogP contribution in [-0.2, 0) is 16.0 Å². The van der Waals surface area contributed by atoms with E-state index in [0.29, 0.717) is 11.1 Å². The summed E-state index contributed by atoms with van der Waals surface area (Å²) < 4.78 is 32.8. The standard InChI is InChI=1S/C9H7FO2S/c1-2-8-4-3-5-9(6-8)7-13(10,11)12/h1,3-6H,7H2. The molecule has 0 unspecified atom stereocenters. The van der Waals surface area contributed by atoms with Crippen LogP contribution in [0.3, 0.4) is 0 Å². The molecule has 0 aliphatic carbocycles. The summed E-state index contributed by atoms with van der Waals surface area (Å²) in [6, 6.07) is 6.22. The number of rotatable bonds is 2. The van der Waals surface area contributed by atoms with Crippen molar-refractivity contribution in [3.63, 3.8) is 0 Å². The van der Waals surface area contributed by atoms with Crippen LogP contribution in [0.1, 0.15) is 11.1 Å². The Kier molecular flexibility index (Phi) is 2.69. The monoisotopic (exact) mass is 198 g/mol. The Morgan fingerprint density at radius 2 is 2.15 bits per heavy atom. The van der Waals surface area contributed by atoms with Crippen molar-refractivity contribution in [1.82, 2.24) is 0 Å². The van der Waals surface area contributed by atoms with Gasteiger partial charge in [-0.2, -0.15) is 8.42 Å². The van der Waals surface area contributed by atoms with Crippen LogP contribution in [0, 0.1) is 12.3 Å². The van der Waals surface area contributed by atoms with E-state index in [1.165, 1.54) is 12.1 Å². The van der Waals surface area contributed by atoms with Gasteiger partial charge in [-0.05, 0) is 17.7 Å². The largest absolute Gasteiger partial charge is 0.306 e. The van der Waals surface area contributed by atoms with Crippen LogP contribution in [-0.4, -0.2) is 8.42 Å². The molecule has 0 bridgehead atoms. The van der Waals surface area contributed by atoms with Crippen molar-refractivity contribution in [3.8, 4) is 12.3 Å². The molecule has 0 heterocycles. The fourth-order valence-corrected chi connectivity index (χ4v) is 1.53. The highest BCUT2D eigenvalue weighted by atomic mass is 32.3. The Balaban J connectivity index is 2.99. The SMILES string of the molecule is C#Cc1cccc(CS(=O)(=O)F)c1. The molecule has 1 rings (SSSR count). The first kappa shape index (κ1) is 9.75. The number of benzene rings is 1. The minimum Gasteiger partial charge on any atom is -0.194 e. The van der Waals surface area contributed by atoms with E-state index >= 15 is 0 Å². The Morgan fingerprint density at radius 1 is 1.46 bits per heavy atom. The van der Waals surface area contributed by atoms with Gasteiger partial charge in [-0.3, -0.25) is 0 Å². The molecule has 0 N–H and O–H groups in total. The van der Waals surface area contributed by atoms with Crippen molar-refractivity contribution >= 4 is 10.2 Å². The number of halogens is 1. The van der Waals surface area contributed by atoms with Gasteiger partial charge in [0.25, 0.3) is 0 Å². The van der Waals surface area contributed by atoms with E-state index in [2.05, 4.69) is 5.92 Å². The predicted molar refractivity (Wildman–Crippen MR) is 48.1 cm³/mol. The second-order valence-electron chi connectivity index (χ2n) is 2.53. The first-order chi connectivity index (χ1) is 6.01. The third-order valence-corrected chi connectivity index (χ3v) is 2.11. The maximum absolute atomic E-state index is 12.2. The highest BCUT2D eigenvalue weighted by molar-refractivity contribution is 7.85.